The van der Waals surface area contributed by atoms with E-state index in [1.54, 1.807) is 5.56 Å². The average molecular weight is 300 g/mol. The van der Waals surface area contributed by atoms with Gasteiger partial charge in [0.1, 0.15) is 0 Å². The zero-order valence-corrected chi connectivity index (χ0v) is 14.2. The van der Waals surface area contributed by atoms with Gasteiger partial charge in [0.2, 0.25) is 0 Å². The first-order valence-corrected chi connectivity index (χ1v) is 9.23. The lowest BCUT2D eigenvalue weighted by molar-refractivity contribution is 0.300. The molecule has 1 saturated carbocycles. The molecule has 0 aromatic heterocycles. The Balaban J connectivity index is 1.82. The second-order valence-corrected chi connectivity index (χ2v) is 7.60. The van der Waals surface area contributed by atoms with Gasteiger partial charge in [-0.1, -0.05) is 43.5 Å². The second-order valence-electron chi connectivity index (χ2n) is 7.60. The number of hydrogen-bond acceptors (Lipinski definition) is 2. The first kappa shape index (κ1) is 16.0. The molecule has 1 unspecified atom stereocenters. The fourth-order valence-corrected chi connectivity index (χ4v) is 4.53. The summed E-state index contributed by atoms with van der Waals surface area (Å²) in [6.45, 7) is 3.30. The molecule has 2 aliphatic rings. The molecule has 0 bridgehead atoms. The van der Waals surface area contributed by atoms with Gasteiger partial charge >= 0.3 is 0 Å². The summed E-state index contributed by atoms with van der Waals surface area (Å²) in [5, 5.41) is 0. The molecule has 1 atom stereocenters. The molecule has 1 aromatic rings. The molecule has 2 fully saturated rings. The number of rotatable bonds is 3. The monoisotopic (exact) mass is 300 g/mol. The summed E-state index contributed by atoms with van der Waals surface area (Å²) in [5.74, 6) is 0.739. The second kappa shape index (κ2) is 7.14. The Morgan fingerprint density at radius 1 is 1.09 bits per heavy atom. The third kappa shape index (κ3) is 3.38. The van der Waals surface area contributed by atoms with E-state index in [1.165, 1.54) is 70.0 Å². The van der Waals surface area contributed by atoms with Crippen LogP contribution in [0.4, 0.5) is 0 Å². The summed E-state index contributed by atoms with van der Waals surface area (Å²) >= 11 is 0. The fraction of sp³-hybridized carbons (Fsp3) is 0.700. The molecule has 1 heterocycles. The molecule has 22 heavy (non-hydrogen) atoms. The van der Waals surface area contributed by atoms with E-state index in [-0.39, 0.29) is 5.41 Å². The standard InChI is InChI=1S/C20H32N2/c1-22-13-6-8-17(10-14-22)18-7-5-9-19(15-18)20(16-21)11-3-2-4-12-20/h5,7,9,15,17H,2-4,6,8,10-14,16,21H2,1H3. The van der Waals surface area contributed by atoms with Crippen LogP contribution in [0.15, 0.2) is 24.3 Å². The molecule has 0 spiro atoms. The van der Waals surface area contributed by atoms with Crippen molar-refractivity contribution in [3.8, 4) is 0 Å². The number of hydrogen-bond donors (Lipinski definition) is 1. The zero-order valence-electron chi connectivity index (χ0n) is 14.2. The number of nitrogens with two attached hydrogens (primary N) is 1. The molecule has 0 radical (unpaired) electrons. The van der Waals surface area contributed by atoms with E-state index < -0.39 is 0 Å². The summed E-state index contributed by atoms with van der Waals surface area (Å²) in [4.78, 5) is 2.48. The predicted octanol–water partition coefficient (Wildman–Crippen LogP) is 4.05. The highest BCUT2D eigenvalue weighted by Gasteiger charge is 2.32. The van der Waals surface area contributed by atoms with Gasteiger partial charge in [-0.15, -0.1) is 0 Å². The highest BCUT2D eigenvalue weighted by atomic mass is 15.1. The molecule has 2 N–H and O–H groups in total. The van der Waals surface area contributed by atoms with Crippen molar-refractivity contribution < 1.29 is 0 Å². The lowest BCUT2D eigenvalue weighted by Gasteiger charge is -2.37. The van der Waals surface area contributed by atoms with Crippen molar-refractivity contribution in [1.29, 1.82) is 0 Å². The molecule has 1 aromatic carbocycles. The lowest BCUT2D eigenvalue weighted by atomic mass is 9.69. The van der Waals surface area contributed by atoms with Crippen LogP contribution in [0, 0.1) is 0 Å². The Hall–Kier alpha value is -0.860. The van der Waals surface area contributed by atoms with Crippen LogP contribution < -0.4 is 5.73 Å². The van der Waals surface area contributed by atoms with Gasteiger partial charge in [-0.3, -0.25) is 0 Å². The maximum atomic E-state index is 6.24. The smallest absolute Gasteiger partial charge is 0.00756 e. The molecule has 1 aliphatic heterocycles. The Morgan fingerprint density at radius 2 is 1.91 bits per heavy atom. The van der Waals surface area contributed by atoms with Crippen molar-refractivity contribution in [2.75, 3.05) is 26.7 Å². The predicted molar refractivity (Wildman–Crippen MR) is 94.3 cm³/mol. The van der Waals surface area contributed by atoms with Crippen LogP contribution in [0.3, 0.4) is 0 Å². The zero-order chi connectivity index (χ0) is 15.4. The van der Waals surface area contributed by atoms with Crippen molar-refractivity contribution in [3.63, 3.8) is 0 Å². The maximum Gasteiger partial charge on any atom is 0.00756 e. The minimum Gasteiger partial charge on any atom is -0.330 e. The van der Waals surface area contributed by atoms with Gasteiger partial charge < -0.3 is 10.6 Å². The summed E-state index contributed by atoms with van der Waals surface area (Å²) in [5.41, 5.74) is 9.57. The van der Waals surface area contributed by atoms with Crippen molar-refractivity contribution >= 4 is 0 Å². The first-order valence-electron chi connectivity index (χ1n) is 9.23. The Kier molecular flexibility index (Phi) is 5.20. The summed E-state index contributed by atoms with van der Waals surface area (Å²) in [6.07, 6.45) is 10.6. The van der Waals surface area contributed by atoms with Gasteiger partial charge in [-0.2, -0.15) is 0 Å². The Bertz CT molecular complexity index is 476. The largest absolute Gasteiger partial charge is 0.330 e. The van der Waals surface area contributed by atoms with E-state index in [1.807, 2.05) is 0 Å². The topological polar surface area (TPSA) is 29.3 Å². The van der Waals surface area contributed by atoms with Gasteiger partial charge in [0, 0.05) is 12.0 Å². The van der Waals surface area contributed by atoms with E-state index >= 15 is 0 Å². The number of likely N-dealkylation sites (tertiary alicyclic amines) is 1. The normalized spacial score (nSPS) is 26.5. The lowest BCUT2D eigenvalue weighted by Crippen LogP contribution is -2.37. The third-order valence-corrected chi connectivity index (χ3v) is 6.12. The summed E-state index contributed by atoms with van der Waals surface area (Å²) in [6, 6.07) is 9.48. The van der Waals surface area contributed by atoms with Crippen molar-refractivity contribution in [2.45, 2.75) is 62.7 Å². The van der Waals surface area contributed by atoms with Gasteiger partial charge in [0.25, 0.3) is 0 Å². The minimum absolute atomic E-state index is 0.260. The average Bonchev–Trinajstić information content (AvgIpc) is 2.80. The molecule has 122 valence electrons. The maximum absolute atomic E-state index is 6.24. The molecule has 1 aliphatic carbocycles. The highest BCUT2D eigenvalue weighted by molar-refractivity contribution is 5.33. The minimum atomic E-state index is 0.260. The van der Waals surface area contributed by atoms with Gasteiger partial charge in [0.15, 0.2) is 0 Å². The van der Waals surface area contributed by atoms with Crippen LogP contribution in [0.5, 0.6) is 0 Å². The van der Waals surface area contributed by atoms with E-state index in [0.717, 1.165) is 12.5 Å². The molecular formula is C20H32N2. The van der Waals surface area contributed by atoms with Crippen molar-refractivity contribution in [3.05, 3.63) is 35.4 Å². The Labute approximate surface area is 136 Å². The molecule has 0 amide bonds. The molecule has 3 rings (SSSR count). The van der Waals surface area contributed by atoms with Crippen LogP contribution in [0.1, 0.15) is 68.4 Å². The van der Waals surface area contributed by atoms with Gasteiger partial charge in [0.05, 0.1) is 0 Å². The van der Waals surface area contributed by atoms with Gasteiger partial charge in [-0.05, 0) is 69.3 Å². The van der Waals surface area contributed by atoms with E-state index in [9.17, 15) is 0 Å². The first-order chi connectivity index (χ1) is 10.7. The SMILES string of the molecule is CN1CCCC(c2cccc(C3(CN)CCCCC3)c2)CC1. The Morgan fingerprint density at radius 3 is 2.68 bits per heavy atom. The molecule has 2 heteroatoms. The quantitative estimate of drug-likeness (QED) is 0.912. The molecular weight excluding hydrogens is 268 g/mol. The number of nitrogens with zero attached hydrogens (tertiary/aromatic N) is 1. The van der Waals surface area contributed by atoms with Crippen LogP contribution in [-0.2, 0) is 5.41 Å². The fourth-order valence-electron chi connectivity index (χ4n) is 4.53. The molecule has 2 nitrogen and oxygen atoms in total. The van der Waals surface area contributed by atoms with Crippen molar-refractivity contribution in [1.82, 2.24) is 4.90 Å². The third-order valence-electron chi connectivity index (χ3n) is 6.12. The van der Waals surface area contributed by atoms with E-state index in [2.05, 4.69) is 36.2 Å². The van der Waals surface area contributed by atoms with E-state index in [4.69, 9.17) is 5.73 Å². The van der Waals surface area contributed by atoms with Crippen LogP contribution >= 0.6 is 0 Å². The highest BCUT2D eigenvalue weighted by Crippen LogP contribution is 2.40. The van der Waals surface area contributed by atoms with Crippen LogP contribution in [0.25, 0.3) is 0 Å². The molecule has 1 saturated heterocycles. The van der Waals surface area contributed by atoms with Crippen LogP contribution in [-0.4, -0.2) is 31.6 Å². The van der Waals surface area contributed by atoms with Crippen LogP contribution in [0.2, 0.25) is 0 Å². The van der Waals surface area contributed by atoms with Crippen molar-refractivity contribution in [2.24, 2.45) is 5.73 Å². The summed E-state index contributed by atoms with van der Waals surface area (Å²) in [7, 11) is 2.25. The summed E-state index contributed by atoms with van der Waals surface area (Å²) < 4.78 is 0. The van der Waals surface area contributed by atoms with Gasteiger partial charge in [-0.25, -0.2) is 0 Å². The van der Waals surface area contributed by atoms with E-state index in [0.29, 0.717) is 0 Å². The number of benzene rings is 1.